The van der Waals surface area contributed by atoms with Gasteiger partial charge in [0.25, 0.3) is 0 Å². The highest BCUT2D eigenvalue weighted by molar-refractivity contribution is 5.28. The van der Waals surface area contributed by atoms with E-state index >= 15 is 0 Å². The zero-order chi connectivity index (χ0) is 35.6. The summed E-state index contributed by atoms with van der Waals surface area (Å²) in [6.07, 6.45) is 58.5. The van der Waals surface area contributed by atoms with E-state index in [4.69, 9.17) is 4.74 Å². The molecule has 0 heterocycles. The lowest BCUT2D eigenvalue weighted by Gasteiger charge is -2.57. The molecule has 0 amide bonds. The van der Waals surface area contributed by atoms with Crippen molar-refractivity contribution >= 4 is 0 Å². The lowest BCUT2D eigenvalue weighted by molar-refractivity contribution is -0.0280. The van der Waals surface area contributed by atoms with Crippen molar-refractivity contribution in [2.45, 2.75) is 195 Å². The molecule has 6 aliphatic carbocycles. The molecule has 0 spiro atoms. The Labute approximate surface area is 317 Å². The van der Waals surface area contributed by atoms with E-state index in [0.29, 0.717) is 22.7 Å². The Morgan fingerprint density at radius 2 is 0.824 bits per heavy atom. The van der Waals surface area contributed by atoms with E-state index < -0.39 is 0 Å². The lowest BCUT2D eigenvalue weighted by atomic mass is 9.47. The summed E-state index contributed by atoms with van der Waals surface area (Å²) in [7, 11) is 0. The molecule has 6 aliphatic rings. The van der Waals surface area contributed by atoms with E-state index in [0.717, 1.165) is 36.9 Å². The molecule has 51 heavy (non-hydrogen) atoms. The second-order valence-corrected chi connectivity index (χ2v) is 19.6. The molecule has 0 N–H and O–H groups in total. The monoisotopic (exact) mass is 699 g/mol. The first kappa shape index (κ1) is 39.6. The van der Waals surface area contributed by atoms with Gasteiger partial charge in [0, 0.05) is 22.7 Å². The van der Waals surface area contributed by atoms with Crippen LogP contribution in [-0.4, -0.2) is 13.2 Å². The highest BCUT2D eigenvalue weighted by Gasteiger charge is 2.54. The van der Waals surface area contributed by atoms with Gasteiger partial charge in [-0.05, 0) is 98.7 Å². The number of rotatable bonds is 16. The Hall–Kier alpha value is -1.08. The Balaban J connectivity index is 1.11. The van der Waals surface area contributed by atoms with E-state index in [1.807, 2.05) is 0 Å². The van der Waals surface area contributed by atoms with Gasteiger partial charge in [0.2, 0.25) is 0 Å². The van der Waals surface area contributed by atoms with Crippen LogP contribution in [-0.2, 0) is 4.74 Å². The van der Waals surface area contributed by atoms with Crippen LogP contribution >= 0.6 is 0 Å². The average Bonchev–Trinajstić information content (AvgIpc) is 3.17. The average molecular weight is 699 g/mol. The van der Waals surface area contributed by atoms with Gasteiger partial charge >= 0.3 is 0 Å². The van der Waals surface area contributed by atoms with Crippen LogP contribution < -0.4 is 0 Å². The first-order valence-electron chi connectivity index (χ1n) is 23.2. The molecule has 0 bridgehead atoms. The third-order valence-corrected chi connectivity index (χ3v) is 16.5. The summed E-state index contributed by atoms with van der Waals surface area (Å²) >= 11 is 0. The van der Waals surface area contributed by atoms with Crippen molar-refractivity contribution in [2.75, 3.05) is 13.2 Å². The second kappa shape index (κ2) is 18.5. The SMILES string of the molecule is CCCCCC1(C2(C3CCC(C)CC3)CCCCC2)C=CC(COCC2C=CC(CCCCC)(C3(C4CCC(C)CC4)CCCCC3)C=C2)C=C1. The molecule has 1 nitrogen and oxygen atoms in total. The van der Waals surface area contributed by atoms with Crippen LogP contribution in [0.2, 0.25) is 0 Å². The van der Waals surface area contributed by atoms with Crippen LogP contribution in [0.4, 0.5) is 0 Å². The van der Waals surface area contributed by atoms with Crippen LogP contribution in [0.1, 0.15) is 195 Å². The topological polar surface area (TPSA) is 9.23 Å². The largest absolute Gasteiger partial charge is 0.380 e. The third-order valence-electron chi connectivity index (χ3n) is 16.5. The fourth-order valence-electron chi connectivity index (χ4n) is 13.3. The molecule has 0 atom stereocenters. The Kier molecular flexibility index (Phi) is 14.4. The van der Waals surface area contributed by atoms with Gasteiger partial charge in [-0.1, -0.05) is 179 Å². The molecule has 0 radical (unpaired) electrons. The fourth-order valence-corrected chi connectivity index (χ4v) is 13.3. The van der Waals surface area contributed by atoms with Crippen LogP contribution in [0.15, 0.2) is 48.6 Å². The number of ether oxygens (including phenoxy) is 1. The highest BCUT2D eigenvalue weighted by atomic mass is 16.5. The number of allylic oxidation sites excluding steroid dienone is 4. The zero-order valence-electron chi connectivity index (χ0n) is 34.3. The van der Waals surface area contributed by atoms with Crippen molar-refractivity contribution < 1.29 is 4.74 Å². The maximum atomic E-state index is 6.64. The Morgan fingerprint density at radius 1 is 0.471 bits per heavy atom. The van der Waals surface area contributed by atoms with Crippen molar-refractivity contribution in [3.05, 3.63) is 48.6 Å². The maximum Gasteiger partial charge on any atom is 0.0563 e. The van der Waals surface area contributed by atoms with E-state index in [1.54, 1.807) is 0 Å². The minimum atomic E-state index is 0.256. The molecule has 1 heteroatoms. The predicted molar refractivity (Wildman–Crippen MR) is 221 cm³/mol. The van der Waals surface area contributed by atoms with Gasteiger partial charge in [-0.15, -0.1) is 0 Å². The zero-order valence-corrected chi connectivity index (χ0v) is 34.3. The smallest absolute Gasteiger partial charge is 0.0563 e. The summed E-state index contributed by atoms with van der Waals surface area (Å²) in [5.41, 5.74) is 1.47. The summed E-state index contributed by atoms with van der Waals surface area (Å²) < 4.78 is 6.64. The maximum absolute atomic E-state index is 6.64. The van der Waals surface area contributed by atoms with Crippen LogP contribution in [0.3, 0.4) is 0 Å². The third kappa shape index (κ3) is 8.75. The van der Waals surface area contributed by atoms with Gasteiger partial charge in [-0.3, -0.25) is 0 Å². The molecular formula is C50H82O. The first-order valence-corrected chi connectivity index (χ1v) is 23.2. The van der Waals surface area contributed by atoms with Gasteiger partial charge in [0.1, 0.15) is 0 Å². The molecule has 4 saturated carbocycles. The van der Waals surface area contributed by atoms with Crippen LogP contribution in [0, 0.1) is 57.2 Å². The van der Waals surface area contributed by atoms with Gasteiger partial charge in [0.15, 0.2) is 0 Å². The Morgan fingerprint density at radius 3 is 1.16 bits per heavy atom. The van der Waals surface area contributed by atoms with Crippen molar-refractivity contribution in [1.29, 1.82) is 0 Å². The van der Waals surface area contributed by atoms with Crippen LogP contribution in [0.25, 0.3) is 0 Å². The van der Waals surface area contributed by atoms with Crippen molar-refractivity contribution in [3.63, 3.8) is 0 Å². The second-order valence-electron chi connectivity index (χ2n) is 19.6. The van der Waals surface area contributed by atoms with Crippen molar-refractivity contribution in [1.82, 2.24) is 0 Å². The molecule has 288 valence electrons. The molecule has 6 rings (SSSR count). The molecule has 0 aromatic carbocycles. The molecular weight excluding hydrogens is 617 g/mol. The number of unbranched alkanes of at least 4 members (excludes halogenated alkanes) is 4. The molecule has 0 aromatic heterocycles. The summed E-state index contributed by atoms with van der Waals surface area (Å²) in [6.45, 7) is 11.4. The van der Waals surface area contributed by atoms with Crippen molar-refractivity contribution in [3.8, 4) is 0 Å². The van der Waals surface area contributed by atoms with Crippen molar-refractivity contribution in [2.24, 2.45) is 57.2 Å². The lowest BCUT2D eigenvalue weighted by Crippen LogP contribution is -2.48. The standard InChI is InChI=1S/C50H82O/c1-5-7-11-29-47(49(31-13-9-14-32-49)45-21-17-41(3)18-22-45)35-25-43(26-36-47)39-51-40-44-27-37-48(38-28-44,30-12-8-6-2)50(33-15-10-16-34-50)46-23-19-42(4)20-24-46/h25-28,35-38,41-46H,5-24,29-34,39-40H2,1-4H3. The minimum absolute atomic E-state index is 0.256. The summed E-state index contributed by atoms with van der Waals surface area (Å²) in [4.78, 5) is 0. The van der Waals surface area contributed by atoms with E-state index in [1.165, 1.54) is 167 Å². The van der Waals surface area contributed by atoms with E-state index in [9.17, 15) is 0 Å². The van der Waals surface area contributed by atoms with Gasteiger partial charge in [0.05, 0.1) is 13.2 Å². The van der Waals surface area contributed by atoms with Gasteiger partial charge in [-0.2, -0.15) is 0 Å². The number of hydrogen-bond donors (Lipinski definition) is 0. The molecule has 4 fully saturated rings. The quantitative estimate of drug-likeness (QED) is 0.115. The molecule has 0 unspecified atom stereocenters. The molecule has 0 aromatic rings. The fraction of sp³-hybridized carbons (Fsp3) is 0.840. The first-order chi connectivity index (χ1) is 24.9. The summed E-state index contributed by atoms with van der Waals surface area (Å²) in [5.74, 6) is 4.51. The van der Waals surface area contributed by atoms with E-state index in [2.05, 4.69) is 76.3 Å². The van der Waals surface area contributed by atoms with Crippen LogP contribution in [0.5, 0.6) is 0 Å². The predicted octanol–water partition coefficient (Wildman–Crippen LogP) is 15.2. The number of hydrogen-bond acceptors (Lipinski definition) is 1. The summed E-state index contributed by atoms with van der Waals surface area (Å²) in [6, 6.07) is 0. The normalized spacial score (nSPS) is 37.8. The van der Waals surface area contributed by atoms with E-state index in [-0.39, 0.29) is 10.8 Å². The van der Waals surface area contributed by atoms with Gasteiger partial charge in [-0.25, -0.2) is 0 Å². The Bertz CT molecular complexity index is 1020. The van der Waals surface area contributed by atoms with Gasteiger partial charge < -0.3 is 4.74 Å². The summed E-state index contributed by atoms with van der Waals surface area (Å²) in [5, 5.41) is 0. The highest BCUT2D eigenvalue weighted by Crippen LogP contribution is 2.64. The minimum Gasteiger partial charge on any atom is -0.380 e. The molecule has 0 aliphatic heterocycles. The molecule has 0 saturated heterocycles.